The van der Waals surface area contributed by atoms with Crippen molar-refractivity contribution in [3.05, 3.63) is 65.5 Å². The van der Waals surface area contributed by atoms with E-state index in [0.29, 0.717) is 6.54 Å². The molecule has 3 nitrogen and oxygen atoms in total. The Hall–Kier alpha value is -2.00. The minimum Gasteiger partial charge on any atom is -0.292 e. The van der Waals surface area contributed by atoms with Crippen molar-refractivity contribution >= 4 is 5.78 Å². The summed E-state index contributed by atoms with van der Waals surface area (Å²) in [6.07, 6.45) is 0.788. The van der Waals surface area contributed by atoms with E-state index in [1.807, 2.05) is 69.4 Å². The Morgan fingerprint density at radius 2 is 1.86 bits per heavy atom. The van der Waals surface area contributed by atoms with Gasteiger partial charge in [0.25, 0.3) is 0 Å². The van der Waals surface area contributed by atoms with Crippen LogP contribution in [-0.4, -0.2) is 28.8 Å². The maximum absolute atomic E-state index is 12.6. The Morgan fingerprint density at radius 3 is 2.48 bits per heavy atom. The molecule has 0 amide bonds. The molecular weight excluding hydrogens is 260 g/mol. The highest BCUT2D eigenvalue weighted by Gasteiger charge is 2.22. The Morgan fingerprint density at radius 1 is 1.14 bits per heavy atom. The Balaban J connectivity index is 2.11. The molecule has 1 aromatic heterocycles. The molecule has 1 aromatic carbocycles. The smallest absolute Gasteiger partial charge is 0.179 e. The molecule has 1 unspecified atom stereocenters. The monoisotopic (exact) mass is 282 g/mol. The molecule has 2 rings (SSSR count). The molecule has 0 N–H and O–H groups in total. The number of ketones is 1. The Labute approximate surface area is 126 Å². The second-order valence-electron chi connectivity index (χ2n) is 5.34. The van der Waals surface area contributed by atoms with E-state index >= 15 is 0 Å². The number of Topliss-reactive ketones (excluding diaryl/α,β-unsaturated/α-hetero) is 1. The van der Waals surface area contributed by atoms with Gasteiger partial charge in [0.05, 0.1) is 11.7 Å². The fraction of sp³-hybridized carbons (Fsp3) is 0.333. The molecule has 21 heavy (non-hydrogen) atoms. The molecule has 0 radical (unpaired) electrons. The first-order valence-corrected chi connectivity index (χ1v) is 7.34. The molecule has 0 aliphatic carbocycles. The minimum absolute atomic E-state index is 0.116. The van der Waals surface area contributed by atoms with Crippen molar-refractivity contribution in [1.29, 1.82) is 0 Å². The fourth-order valence-corrected chi connectivity index (χ4v) is 2.55. The van der Waals surface area contributed by atoms with Crippen LogP contribution in [0.5, 0.6) is 0 Å². The summed E-state index contributed by atoms with van der Waals surface area (Å²) in [5, 5.41) is 0. The highest BCUT2D eigenvalue weighted by Crippen LogP contribution is 2.13. The number of carbonyl (C=O) groups excluding carboxylic acids is 1. The van der Waals surface area contributed by atoms with Gasteiger partial charge in [-0.05, 0) is 32.5 Å². The van der Waals surface area contributed by atoms with Crippen LogP contribution in [0.3, 0.4) is 0 Å². The molecule has 0 aliphatic heterocycles. The number of carbonyl (C=O) groups is 1. The van der Waals surface area contributed by atoms with Gasteiger partial charge in [-0.2, -0.15) is 0 Å². The lowest BCUT2D eigenvalue weighted by molar-refractivity contribution is 0.0837. The summed E-state index contributed by atoms with van der Waals surface area (Å²) in [6, 6.07) is 15.4. The minimum atomic E-state index is -0.116. The average molecular weight is 282 g/mol. The molecule has 0 saturated heterocycles. The van der Waals surface area contributed by atoms with Gasteiger partial charge in [0.2, 0.25) is 0 Å². The lowest BCUT2D eigenvalue weighted by Crippen LogP contribution is -2.37. The topological polar surface area (TPSA) is 33.2 Å². The lowest BCUT2D eigenvalue weighted by Gasteiger charge is -2.25. The van der Waals surface area contributed by atoms with E-state index in [-0.39, 0.29) is 11.8 Å². The van der Waals surface area contributed by atoms with Crippen molar-refractivity contribution in [2.75, 3.05) is 7.05 Å². The summed E-state index contributed by atoms with van der Waals surface area (Å²) >= 11 is 0. The summed E-state index contributed by atoms with van der Waals surface area (Å²) in [5.41, 5.74) is 2.77. The first-order chi connectivity index (χ1) is 10.1. The number of hydrogen-bond donors (Lipinski definition) is 0. The standard InChI is InChI=1S/C18H22N2O/c1-4-17(18(21)15-10-6-5-7-11-15)20(3)13-16-12-8-9-14(2)19-16/h5-12,17H,4,13H2,1-3H3. The number of pyridine rings is 1. The van der Waals surface area contributed by atoms with Crippen molar-refractivity contribution in [2.45, 2.75) is 32.9 Å². The molecule has 0 spiro atoms. The third kappa shape index (κ3) is 3.99. The van der Waals surface area contributed by atoms with Gasteiger partial charge in [0.1, 0.15) is 0 Å². The summed E-state index contributed by atoms with van der Waals surface area (Å²) in [5.74, 6) is 0.174. The largest absolute Gasteiger partial charge is 0.292 e. The summed E-state index contributed by atoms with van der Waals surface area (Å²) in [7, 11) is 1.99. The molecule has 0 fully saturated rings. The van der Waals surface area contributed by atoms with Gasteiger partial charge in [0, 0.05) is 17.8 Å². The van der Waals surface area contributed by atoms with Crippen LogP contribution in [0, 0.1) is 6.92 Å². The SMILES string of the molecule is CCC(C(=O)c1ccccc1)N(C)Cc1cccc(C)n1. The molecule has 1 atom stereocenters. The lowest BCUT2D eigenvalue weighted by atomic mass is 10.0. The van der Waals surface area contributed by atoms with Gasteiger partial charge in [0.15, 0.2) is 5.78 Å². The molecule has 0 aliphatic rings. The van der Waals surface area contributed by atoms with Crippen molar-refractivity contribution in [3.8, 4) is 0 Å². The molecule has 2 aromatic rings. The molecular formula is C18H22N2O. The van der Waals surface area contributed by atoms with Crippen molar-refractivity contribution in [3.63, 3.8) is 0 Å². The number of aryl methyl sites for hydroxylation is 1. The second kappa shape index (κ2) is 7.14. The second-order valence-corrected chi connectivity index (χ2v) is 5.34. The average Bonchev–Trinajstić information content (AvgIpc) is 2.48. The highest BCUT2D eigenvalue weighted by atomic mass is 16.1. The summed E-state index contributed by atoms with van der Waals surface area (Å²) < 4.78 is 0. The van der Waals surface area contributed by atoms with Crippen LogP contribution in [0.2, 0.25) is 0 Å². The summed E-state index contributed by atoms with van der Waals surface area (Å²) in [6.45, 7) is 4.71. The van der Waals surface area contributed by atoms with E-state index in [4.69, 9.17) is 0 Å². The normalized spacial score (nSPS) is 12.4. The van der Waals surface area contributed by atoms with Crippen LogP contribution in [0.15, 0.2) is 48.5 Å². The van der Waals surface area contributed by atoms with Crippen LogP contribution < -0.4 is 0 Å². The van der Waals surface area contributed by atoms with E-state index in [0.717, 1.165) is 23.4 Å². The van der Waals surface area contributed by atoms with Crippen molar-refractivity contribution in [1.82, 2.24) is 9.88 Å². The predicted molar refractivity (Wildman–Crippen MR) is 85.3 cm³/mol. The Bertz CT molecular complexity index is 595. The zero-order valence-electron chi connectivity index (χ0n) is 12.9. The quantitative estimate of drug-likeness (QED) is 0.760. The van der Waals surface area contributed by atoms with Gasteiger partial charge in [-0.15, -0.1) is 0 Å². The zero-order chi connectivity index (χ0) is 15.2. The van der Waals surface area contributed by atoms with Crippen LogP contribution in [0.25, 0.3) is 0 Å². The molecule has 0 bridgehead atoms. The maximum atomic E-state index is 12.6. The van der Waals surface area contributed by atoms with Gasteiger partial charge in [-0.25, -0.2) is 0 Å². The van der Waals surface area contributed by atoms with Gasteiger partial charge in [-0.3, -0.25) is 14.7 Å². The van der Waals surface area contributed by atoms with E-state index in [9.17, 15) is 4.79 Å². The van der Waals surface area contributed by atoms with E-state index < -0.39 is 0 Å². The number of aromatic nitrogens is 1. The van der Waals surface area contributed by atoms with Crippen LogP contribution in [0.1, 0.15) is 35.1 Å². The number of benzene rings is 1. The van der Waals surface area contributed by atoms with Gasteiger partial charge < -0.3 is 0 Å². The molecule has 110 valence electrons. The summed E-state index contributed by atoms with van der Waals surface area (Å²) in [4.78, 5) is 19.2. The van der Waals surface area contributed by atoms with E-state index in [2.05, 4.69) is 9.88 Å². The zero-order valence-corrected chi connectivity index (χ0v) is 12.9. The van der Waals surface area contributed by atoms with E-state index in [1.165, 1.54) is 0 Å². The fourth-order valence-electron chi connectivity index (χ4n) is 2.55. The third-order valence-corrected chi connectivity index (χ3v) is 3.64. The predicted octanol–water partition coefficient (Wildman–Crippen LogP) is 3.48. The number of hydrogen-bond acceptors (Lipinski definition) is 3. The number of rotatable bonds is 6. The Kier molecular flexibility index (Phi) is 5.23. The van der Waals surface area contributed by atoms with Crippen LogP contribution >= 0.6 is 0 Å². The van der Waals surface area contributed by atoms with Gasteiger partial charge in [-0.1, -0.05) is 43.3 Å². The van der Waals surface area contributed by atoms with Crippen molar-refractivity contribution in [2.24, 2.45) is 0 Å². The molecule has 0 saturated carbocycles. The molecule has 3 heteroatoms. The number of likely N-dealkylation sites (N-methyl/N-ethyl adjacent to an activating group) is 1. The first-order valence-electron chi connectivity index (χ1n) is 7.34. The van der Waals surface area contributed by atoms with E-state index in [1.54, 1.807) is 0 Å². The van der Waals surface area contributed by atoms with Crippen LogP contribution in [-0.2, 0) is 6.54 Å². The highest BCUT2D eigenvalue weighted by molar-refractivity contribution is 6.00. The third-order valence-electron chi connectivity index (χ3n) is 3.64. The first kappa shape index (κ1) is 15.4. The molecule has 1 heterocycles. The van der Waals surface area contributed by atoms with Crippen molar-refractivity contribution < 1.29 is 4.79 Å². The van der Waals surface area contributed by atoms with Gasteiger partial charge >= 0.3 is 0 Å². The van der Waals surface area contributed by atoms with Crippen LogP contribution in [0.4, 0.5) is 0 Å². The maximum Gasteiger partial charge on any atom is 0.179 e. The number of nitrogens with zero attached hydrogens (tertiary/aromatic N) is 2.